The summed E-state index contributed by atoms with van der Waals surface area (Å²) >= 11 is 6.18. The Kier molecular flexibility index (Phi) is 3.73. The molecule has 0 aliphatic heterocycles. The largest absolute Gasteiger partial charge is 0.495 e. The van der Waals surface area contributed by atoms with E-state index in [1.54, 1.807) is 13.2 Å². The van der Waals surface area contributed by atoms with Gasteiger partial charge in [-0.3, -0.25) is 4.79 Å². The number of halogens is 1. The first-order chi connectivity index (χ1) is 8.93. The van der Waals surface area contributed by atoms with Gasteiger partial charge in [0.05, 0.1) is 12.1 Å². The smallest absolute Gasteiger partial charge is 0.167 e. The Bertz CT molecular complexity index is 544. The Morgan fingerprint density at radius 2 is 2.11 bits per heavy atom. The van der Waals surface area contributed by atoms with Crippen LogP contribution in [0.5, 0.6) is 5.75 Å². The van der Waals surface area contributed by atoms with Crippen molar-refractivity contribution in [1.29, 1.82) is 0 Å². The van der Waals surface area contributed by atoms with E-state index in [9.17, 15) is 4.79 Å². The minimum absolute atomic E-state index is 0.0260. The number of hydrogen-bond acceptors (Lipinski definition) is 2. The van der Waals surface area contributed by atoms with Gasteiger partial charge in [0.2, 0.25) is 0 Å². The number of benzene rings is 1. The minimum Gasteiger partial charge on any atom is -0.495 e. The van der Waals surface area contributed by atoms with E-state index in [2.05, 4.69) is 19.9 Å². The highest BCUT2D eigenvalue weighted by Crippen LogP contribution is 2.47. The van der Waals surface area contributed by atoms with E-state index >= 15 is 0 Å². The van der Waals surface area contributed by atoms with Crippen LogP contribution in [-0.4, -0.2) is 12.9 Å². The fourth-order valence-electron chi connectivity index (χ4n) is 2.82. The van der Waals surface area contributed by atoms with Gasteiger partial charge < -0.3 is 4.74 Å². The van der Waals surface area contributed by atoms with Gasteiger partial charge in [0.1, 0.15) is 5.75 Å². The molecule has 0 saturated carbocycles. The lowest BCUT2D eigenvalue weighted by Gasteiger charge is -2.26. The summed E-state index contributed by atoms with van der Waals surface area (Å²) in [6.45, 7) is 6.18. The molecule has 1 unspecified atom stereocenters. The van der Waals surface area contributed by atoms with Crippen molar-refractivity contribution < 1.29 is 9.53 Å². The van der Waals surface area contributed by atoms with Crippen molar-refractivity contribution >= 4 is 17.4 Å². The molecule has 0 spiro atoms. The molecule has 19 heavy (non-hydrogen) atoms. The number of rotatable bonds is 3. The summed E-state index contributed by atoms with van der Waals surface area (Å²) < 4.78 is 5.20. The molecule has 2 nitrogen and oxygen atoms in total. The first-order valence-corrected chi connectivity index (χ1v) is 6.84. The number of carbonyl (C=O) groups is 1. The number of allylic oxidation sites excluding steroid dienone is 2. The third-order valence-corrected chi connectivity index (χ3v) is 4.34. The molecule has 1 aromatic rings. The van der Waals surface area contributed by atoms with Crippen molar-refractivity contribution in [3.63, 3.8) is 0 Å². The van der Waals surface area contributed by atoms with Gasteiger partial charge in [-0.1, -0.05) is 37.6 Å². The highest BCUT2D eigenvalue weighted by Gasteiger charge is 2.45. The Labute approximate surface area is 119 Å². The molecule has 0 fully saturated rings. The molecule has 1 aromatic carbocycles. The Hall–Kier alpha value is -1.28. The average Bonchev–Trinajstić information content (AvgIpc) is 2.54. The monoisotopic (exact) mass is 278 g/mol. The maximum absolute atomic E-state index is 12.6. The molecule has 0 amide bonds. The summed E-state index contributed by atoms with van der Waals surface area (Å²) in [6, 6.07) is 3.65. The topological polar surface area (TPSA) is 26.3 Å². The average molecular weight is 279 g/mol. The maximum Gasteiger partial charge on any atom is 0.167 e. The summed E-state index contributed by atoms with van der Waals surface area (Å²) in [5.74, 6) is 0.728. The second-order valence-corrected chi connectivity index (χ2v) is 5.88. The molecule has 1 atom stereocenters. The Morgan fingerprint density at radius 3 is 2.68 bits per heavy atom. The molecule has 1 aliphatic rings. The predicted octanol–water partition coefficient (Wildman–Crippen LogP) is 4.40. The standard InChI is InChI=1S/C16H19ClO2/c1-5-6-7-11-15(18)10-8-14(19-4)13(17)9-12(10)16(11,2)3/h5-6,8-9,11H,7H2,1-4H3. The molecule has 0 aromatic heterocycles. The molecule has 2 rings (SSSR count). The molecule has 0 heterocycles. The Morgan fingerprint density at radius 1 is 1.42 bits per heavy atom. The van der Waals surface area contributed by atoms with E-state index in [1.807, 2.05) is 19.1 Å². The fraction of sp³-hybridized carbons (Fsp3) is 0.438. The highest BCUT2D eigenvalue weighted by atomic mass is 35.5. The number of carbonyl (C=O) groups excluding carboxylic acids is 1. The molecule has 102 valence electrons. The van der Waals surface area contributed by atoms with E-state index in [0.29, 0.717) is 10.8 Å². The molecular formula is C16H19ClO2. The number of ketones is 1. The van der Waals surface area contributed by atoms with Crippen LogP contribution in [0.15, 0.2) is 24.3 Å². The van der Waals surface area contributed by atoms with Gasteiger partial charge in [0, 0.05) is 16.9 Å². The molecule has 3 heteroatoms. The van der Waals surface area contributed by atoms with Crippen LogP contribution >= 0.6 is 11.6 Å². The van der Waals surface area contributed by atoms with Gasteiger partial charge in [-0.15, -0.1) is 0 Å². The van der Waals surface area contributed by atoms with E-state index in [4.69, 9.17) is 16.3 Å². The van der Waals surface area contributed by atoms with Gasteiger partial charge in [-0.25, -0.2) is 0 Å². The first kappa shape index (κ1) is 14.1. The zero-order valence-corrected chi connectivity index (χ0v) is 12.5. The summed E-state index contributed by atoms with van der Waals surface area (Å²) in [5.41, 5.74) is 1.58. The predicted molar refractivity (Wildman–Crippen MR) is 78.3 cm³/mol. The second-order valence-electron chi connectivity index (χ2n) is 5.48. The van der Waals surface area contributed by atoms with Gasteiger partial charge in [-0.05, 0) is 31.0 Å². The molecule has 0 saturated heterocycles. The molecule has 0 N–H and O–H groups in total. The lowest BCUT2D eigenvalue weighted by Crippen LogP contribution is -2.26. The number of hydrogen-bond donors (Lipinski definition) is 0. The van der Waals surface area contributed by atoms with E-state index in [0.717, 1.165) is 17.5 Å². The number of fused-ring (bicyclic) bond motifs is 1. The zero-order valence-electron chi connectivity index (χ0n) is 11.8. The summed E-state index contributed by atoms with van der Waals surface area (Å²) in [5, 5.41) is 0.564. The van der Waals surface area contributed by atoms with Crippen LogP contribution in [0, 0.1) is 5.92 Å². The van der Waals surface area contributed by atoms with Gasteiger partial charge in [0.15, 0.2) is 5.78 Å². The van der Waals surface area contributed by atoms with Crippen LogP contribution < -0.4 is 4.74 Å². The fourth-order valence-corrected chi connectivity index (χ4v) is 3.06. The van der Waals surface area contributed by atoms with Crippen molar-refractivity contribution in [2.45, 2.75) is 32.6 Å². The summed E-state index contributed by atoms with van der Waals surface area (Å²) in [7, 11) is 1.56. The normalized spacial score (nSPS) is 20.9. The van der Waals surface area contributed by atoms with Gasteiger partial charge >= 0.3 is 0 Å². The Balaban J connectivity index is 2.53. The summed E-state index contributed by atoms with van der Waals surface area (Å²) in [4.78, 5) is 12.6. The second kappa shape index (κ2) is 5.01. The lowest BCUT2D eigenvalue weighted by atomic mass is 9.76. The minimum atomic E-state index is -0.193. The lowest BCUT2D eigenvalue weighted by molar-refractivity contribution is 0.0899. The molecular weight excluding hydrogens is 260 g/mol. The van der Waals surface area contributed by atoms with Gasteiger partial charge in [0.25, 0.3) is 0 Å². The third-order valence-electron chi connectivity index (χ3n) is 4.05. The molecule has 0 radical (unpaired) electrons. The van der Waals surface area contributed by atoms with E-state index in [1.165, 1.54) is 0 Å². The van der Waals surface area contributed by atoms with Crippen LogP contribution in [-0.2, 0) is 5.41 Å². The number of methoxy groups -OCH3 is 1. The number of Topliss-reactive ketones (excluding diaryl/α,β-unsaturated/α-hetero) is 1. The van der Waals surface area contributed by atoms with Crippen molar-refractivity contribution in [3.8, 4) is 5.75 Å². The first-order valence-electron chi connectivity index (χ1n) is 6.46. The van der Waals surface area contributed by atoms with Crippen LogP contribution in [0.2, 0.25) is 5.02 Å². The zero-order chi connectivity index (χ0) is 14.2. The molecule has 0 bridgehead atoms. The van der Waals surface area contributed by atoms with Crippen LogP contribution in [0.25, 0.3) is 0 Å². The highest BCUT2D eigenvalue weighted by molar-refractivity contribution is 6.32. The van der Waals surface area contributed by atoms with E-state index < -0.39 is 0 Å². The van der Waals surface area contributed by atoms with Crippen molar-refractivity contribution in [2.75, 3.05) is 7.11 Å². The van der Waals surface area contributed by atoms with Crippen molar-refractivity contribution in [1.82, 2.24) is 0 Å². The van der Waals surface area contributed by atoms with Gasteiger partial charge in [-0.2, -0.15) is 0 Å². The van der Waals surface area contributed by atoms with Crippen LogP contribution in [0.3, 0.4) is 0 Å². The number of ether oxygens (including phenoxy) is 1. The maximum atomic E-state index is 12.6. The van der Waals surface area contributed by atoms with Crippen LogP contribution in [0.1, 0.15) is 43.1 Å². The van der Waals surface area contributed by atoms with Crippen molar-refractivity contribution in [3.05, 3.63) is 40.4 Å². The summed E-state index contributed by atoms with van der Waals surface area (Å²) in [6.07, 6.45) is 4.80. The third kappa shape index (κ3) is 2.18. The van der Waals surface area contributed by atoms with Crippen LogP contribution in [0.4, 0.5) is 0 Å². The SMILES string of the molecule is CC=CCC1C(=O)c2cc(OC)c(Cl)cc2C1(C)C. The molecule has 1 aliphatic carbocycles. The quantitative estimate of drug-likeness (QED) is 0.766. The van der Waals surface area contributed by atoms with E-state index in [-0.39, 0.29) is 17.1 Å². The van der Waals surface area contributed by atoms with Crippen molar-refractivity contribution in [2.24, 2.45) is 5.92 Å².